The van der Waals surface area contributed by atoms with Gasteiger partial charge in [-0.3, -0.25) is 4.79 Å². The minimum Gasteiger partial charge on any atom is -0.468 e. The van der Waals surface area contributed by atoms with E-state index in [0.717, 1.165) is 5.75 Å². The van der Waals surface area contributed by atoms with Gasteiger partial charge in [0.1, 0.15) is 6.04 Å². The number of thioether (sulfide) groups is 1. The van der Waals surface area contributed by atoms with Crippen molar-refractivity contribution < 1.29 is 9.53 Å². The Morgan fingerprint density at radius 2 is 2.13 bits per heavy atom. The van der Waals surface area contributed by atoms with Crippen molar-refractivity contribution in [1.82, 2.24) is 0 Å². The van der Waals surface area contributed by atoms with Crippen LogP contribution >= 0.6 is 11.8 Å². The number of ether oxygens (including phenoxy) is 1. The van der Waals surface area contributed by atoms with Crippen LogP contribution in [0.5, 0.6) is 0 Å². The first-order chi connectivity index (χ1) is 7.24. The highest BCUT2D eigenvalue weighted by molar-refractivity contribution is 7.99. The van der Waals surface area contributed by atoms with E-state index in [4.69, 9.17) is 5.73 Å². The van der Waals surface area contributed by atoms with Crippen molar-refractivity contribution in [2.45, 2.75) is 17.4 Å². The number of carbonyl (C=O) groups is 1. The molecule has 0 aliphatic rings. The van der Waals surface area contributed by atoms with Crippen LogP contribution in [-0.2, 0) is 9.53 Å². The van der Waals surface area contributed by atoms with Crippen LogP contribution in [0.15, 0.2) is 35.2 Å². The molecule has 0 aromatic heterocycles. The maximum Gasteiger partial charge on any atom is 0.322 e. The van der Waals surface area contributed by atoms with E-state index in [1.165, 1.54) is 12.0 Å². The van der Waals surface area contributed by atoms with Gasteiger partial charge in [-0.15, -0.1) is 11.8 Å². The number of hydrogen-bond donors (Lipinski definition) is 1. The number of benzene rings is 1. The van der Waals surface area contributed by atoms with Crippen LogP contribution in [0.3, 0.4) is 0 Å². The Hall–Kier alpha value is -1.00. The molecule has 1 aromatic rings. The van der Waals surface area contributed by atoms with Gasteiger partial charge in [-0.25, -0.2) is 0 Å². The van der Waals surface area contributed by atoms with Crippen LogP contribution in [0, 0.1) is 0 Å². The molecule has 0 saturated carbocycles. The molecule has 1 rings (SSSR count). The normalized spacial score (nSPS) is 12.1. The van der Waals surface area contributed by atoms with Gasteiger partial charge in [-0.2, -0.15) is 0 Å². The fraction of sp³-hybridized carbons (Fsp3) is 0.364. The number of nitrogens with two attached hydrogens (primary N) is 1. The van der Waals surface area contributed by atoms with Crippen molar-refractivity contribution in [1.29, 1.82) is 0 Å². The molecule has 1 atom stereocenters. The molecule has 3 nitrogen and oxygen atoms in total. The third-order valence-corrected chi connectivity index (χ3v) is 2.99. The van der Waals surface area contributed by atoms with Crippen molar-refractivity contribution in [3.63, 3.8) is 0 Å². The Bertz CT molecular complexity index is 303. The molecular weight excluding hydrogens is 210 g/mol. The number of carbonyl (C=O) groups excluding carboxylic acids is 1. The standard InChI is InChI=1S/C11H15NO2S/c1-14-11(13)10(12)7-8-15-9-5-3-2-4-6-9/h2-6,10H,7-8,12H2,1H3. The molecule has 0 aliphatic heterocycles. The quantitative estimate of drug-likeness (QED) is 0.612. The number of rotatable bonds is 5. The van der Waals surface area contributed by atoms with E-state index in [1.54, 1.807) is 11.8 Å². The Labute approximate surface area is 94.0 Å². The fourth-order valence-corrected chi connectivity index (χ4v) is 2.05. The monoisotopic (exact) mass is 225 g/mol. The maximum atomic E-state index is 11.0. The molecule has 2 N–H and O–H groups in total. The first-order valence-corrected chi connectivity index (χ1v) is 5.74. The number of hydrogen-bond acceptors (Lipinski definition) is 4. The predicted octanol–water partition coefficient (Wildman–Crippen LogP) is 1.67. The van der Waals surface area contributed by atoms with Gasteiger partial charge in [0.05, 0.1) is 7.11 Å². The lowest BCUT2D eigenvalue weighted by molar-refractivity contribution is -0.142. The summed E-state index contributed by atoms with van der Waals surface area (Å²) in [6, 6.07) is 9.52. The topological polar surface area (TPSA) is 52.3 Å². The summed E-state index contributed by atoms with van der Waals surface area (Å²) in [4.78, 5) is 12.2. The Kier molecular flexibility index (Phi) is 5.21. The van der Waals surface area contributed by atoms with E-state index in [1.807, 2.05) is 30.3 Å². The molecule has 4 heteroatoms. The second kappa shape index (κ2) is 6.48. The lowest BCUT2D eigenvalue weighted by Gasteiger charge is -2.08. The Balaban J connectivity index is 2.25. The molecule has 82 valence electrons. The van der Waals surface area contributed by atoms with Crippen LogP contribution in [-0.4, -0.2) is 24.9 Å². The lowest BCUT2D eigenvalue weighted by atomic mass is 10.2. The minimum absolute atomic E-state index is 0.344. The summed E-state index contributed by atoms with van der Waals surface area (Å²) in [5.41, 5.74) is 5.60. The molecular formula is C11H15NO2S. The van der Waals surface area contributed by atoms with Gasteiger partial charge in [0.2, 0.25) is 0 Å². The summed E-state index contributed by atoms with van der Waals surface area (Å²) >= 11 is 1.69. The molecule has 0 amide bonds. The van der Waals surface area contributed by atoms with Crippen molar-refractivity contribution >= 4 is 17.7 Å². The van der Waals surface area contributed by atoms with Crippen LogP contribution in [0.1, 0.15) is 6.42 Å². The van der Waals surface area contributed by atoms with Crippen LogP contribution < -0.4 is 5.73 Å². The van der Waals surface area contributed by atoms with Gasteiger partial charge in [0, 0.05) is 10.6 Å². The summed E-state index contributed by atoms with van der Waals surface area (Å²) in [5, 5.41) is 0. The van der Waals surface area contributed by atoms with E-state index >= 15 is 0 Å². The molecule has 1 unspecified atom stereocenters. The van der Waals surface area contributed by atoms with E-state index in [9.17, 15) is 4.79 Å². The smallest absolute Gasteiger partial charge is 0.322 e. The lowest BCUT2D eigenvalue weighted by Crippen LogP contribution is -2.31. The Morgan fingerprint density at radius 1 is 1.47 bits per heavy atom. The summed E-state index contributed by atoms with van der Waals surface area (Å²) in [6.07, 6.45) is 0.631. The van der Waals surface area contributed by atoms with Gasteiger partial charge in [0.15, 0.2) is 0 Å². The van der Waals surface area contributed by atoms with Crippen LogP contribution in [0.2, 0.25) is 0 Å². The molecule has 0 fully saturated rings. The Morgan fingerprint density at radius 3 is 2.73 bits per heavy atom. The van der Waals surface area contributed by atoms with Gasteiger partial charge < -0.3 is 10.5 Å². The first kappa shape index (κ1) is 12.1. The fourth-order valence-electron chi connectivity index (χ4n) is 1.09. The van der Waals surface area contributed by atoms with Crippen molar-refractivity contribution in [2.24, 2.45) is 5.73 Å². The molecule has 0 spiro atoms. The zero-order valence-corrected chi connectivity index (χ0v) is 9.50. The summed E-state index contributed by atoms with van der Waals surface area (Å²) < 4.78 is 4.54. The summed E-state index contributed by atoms with van der Waals surface area (Å²) in [7, 11) is 1.35. The zero-order valence-electron chi connectivity index (χ0n) is 8.68. The van der Waals surface area contributed by atoms with Gasteiger partial charge in [-0.1, -0.05) is 18.2 Å². The minimum atomic E-state index is -0.508. The molecule has 0 saturated heterocycles. The van der Waals surface area contributed by atoms with Crippen molar-refractivity contribution in [3.8, 4) is 0 Å². The summed E-state index contributed by atoms with van der Waals surface area (Å²) in [5.74, 6) is 0.476. The van der Waals surface area contributed by atoms with Gasteiger partial charge >= 0.3 is 5.97 Å². The average Bonchev–Trinajstić information content (AvgIpc) is 2.29. The molecule has 0 heterocycles. The summed E-state index contributed by atoms with van der Waals surface area (Å²) in [6.45, 7) is 0. The van der Waals surface area contributed by atoms with Crippen molar-refractivity contribution in [2.75, 3.05) is 12.9 Å². The SMILES string of the molecule is COC(=O)C(N)CCSc1ccccc1. The highest BCUT2D eigenvalue weighted by Crippen LogP contribution is 2.18. The zero-order chi connectivity index (χ0) is 11.1. The second-order valence-electron chi connectivity index (χ2n) is 3.08. The molecule has 1 aromatic carbocycles. The van der Waals surface area contributed by atoms with E-state index in [-0.39, 0.29) is 5.97 Å². The van der Waals surface area contributed by atoms with Crippen LogP contribution in [0.4, 0.5) is 0 Å². The number of methoxy groups -OCH3 is 1. The highest BCUT2D eigenvalue weighted by Gasteiger charge is 2.12. The van der Waals surface area contributed by atoms with E-state index in [2.05, 4.69) is 4.74 Å². The molecule has 0 bridgehead atoms. The van der Waals surface area contributed by atoms with Crippen LogP contribution in [0.25, 0.3) is 0 Å². The van der Waals surface area contributed by atoms with E-state index < -0.39 is 6.04 Å². The van der Waals surface area contributed by atoms with Gasteiger partial charge in [-0.05, 0) is 18.6 Å². The molecule has 0 aliphatic carbocycles. The molecule has 15 heavy (non-hydrogen) atoms. The third-order valence-electron chi connectivity index (χ3n) is 1.94. The van der Waals surface area contributed by atoms with Gasteiger partial charge in [0.25, 0.3) is 0 Å². The largest absolute Gasteiger partial charge is 0.468 e. The first-order valence-electron chi connectivity index (χ1n) is 4.75. The highest BCUT2D eigenvalue weighted by atomic mass is 32.2. The average molecular weight is 225 g/mol. The predicted molar refractivity (Wildman–Crippen MR) is 61.8 cm³/mol. The second-order valence-corrected chi connectivity index (χ2v) is 4.25. The molecule has 0 radical (unpaired) electrons. The third kappa shape index (κ3) is 4.36. The number of esters is 1. The van der Waals surface area contributed by atoms with E-state index in [0.29, 0.717) is 6.42 Å². The maximum absolute atomic E-state index is 11.0. The van der Waals surface area contributed by atoms with Crippen molar-refractivity contribution in [3.05, 3.63) is 30.3 Å².